The standard InChI is InChI=1S/C10H14ClNOS/c11-9-6-10(8-12-7-9)13-4-2-1-3-5-14/h6-8,14H,1-5H2. The topological polar surface area (TPSA) is 22.1 Å². The van der Waals surface area contributed by atoms with Gasteiger partial charge >= 0.3 is 0 Å². The third-order valence-electron chi connectivity index (χ3n) is 1.75. The lowest BCUT2D eigenvalue weighted by Gasteiger charge is -2.04. The minimum Gasteiger partial charge on any atom is -0.492 e. The van der Waals surface area contributed by atoms with Crippen molar-refractivity contribution < 1.29 is 4.74 Å². The summed E-state index contributed by atoms with van der Waals surface area (Å²) in [6.45, 7) is 0.718. The Hall–Kier alpha value is -0.410. The second-order valence-corrected chi connectivity index (χ2v) is 3.86. The van der Waals surface area contributed by atoms with E-state index < -0.39 is 0 Å². The van der Waals surface area contributed by atoms with E-state index >= 15 is 0 Å². The van der Waals surface area contributed by atoms with E-state index in [0.717, 1.165) is 37.4 Å². The zero-order valence-electron chi connectivity index (χ0n) is 7.95. The summed E-state index contributed by atoms with van der Waals surface area (Å²) < 4.78 is 5.46. The fourth-order valence-corrected chi connectivity index (χ4v) is 1.44. The van der Waals surface area contributed by atoms with Gasteiger partial charge in [-0.15, -0.1) is 0 Å². The molecule has 1 aromatic heterocycles. The summed E-state index contributed by atoms with van der Waals surface area (Å²) in [5.41, 5.74) is 0. The number of aromatic nitrogens is 1. The maximum absolute atomic E-state index is 5.75. The van der Waals surface area contributed by atoms with E-state index in [0.29, 0.717) is 5.02 Å². The molecule has 0 N–H and O–H groups in total. The van der Waals surface area contributed by atoms with Crippen LogP contribution in [0.5, 0.6) is 5.75 Å². The highest BCUT2D eigenvalue weighted by atomic mass is 35.5. The van der Waals surface area contributed by atoms with Gasteiger partial charge in [0.25, 0.3) is 0 Å². The smallest absolute Gasteiger partial charge is 0.139 e. The van der Waals surface area contributed by atoms with Crippen LogP contribution in [0.15, 0.2) is 18.5 Å². The van der Waals surface area contributed by atoms with Crippen molar-refractivity contribution in [3.05, 3.63) is 23.5 Å². The molecule has 0 aliphatic heterocycles. The highest BCUT2D eigenvalue weighted by Crippen LogP contribution is 2.15. The second kappa shape index (κ2) is 6.96. The zero-order chi connectivity index (χ0) is 10.2. The molecule has 0 amide bonds. The molecule has 1 aromatic rings. The molecule has 4 heteroatoms. The van der Waals surface area contributed by atoms with E-state index in [-0.39, 0.29) is 0 Å². The molecule has 1 rings (SSSR count). The van der Waals surface area contributed by atoms with Gasteiger partial charge < -0.3 is 4.74 Å². The summed E-state index contributed by atoms with van der Waals surface area (Å²) >= 11 is 9.89. The molecule has 0 saturated heterocycles. The highest BCUT2D eigenvalue weighted by Gasteiger charge is 1.95. The molecular formula is C10H14ClNOS. The molecule has 0 atom stereocenters. The molecule has 78 valence electrons. The molecule has 0 saturated carbocycles. The molecule has 0 aromatic carbocycles. The minimum atomic E-state index is 0.609. The average Bonchev–Trinajstić information content (AvgIpc) is 2.18. The Bertz CT molecular complexity index is 270. The number of nitrogens with zero attached hydrogens (tertiary/aromatic N) is 1. The summed E-state index contributed by atoms with van der Waals surface area (Å²) in [6, 6.07) is 1.77. The monoisotopic (exact) mass is 231 g/mol. The van der Waals surface area contributed by atoms with Crippen LogP contribution in [0.2, 0.25) is 5.02 Å². The maximum Gasteiger partial charge on any atom is 0.139 e. The number of rotatable bonds is 6. The summed E-state index contributed by atoms with van der Waals surface area (Å²) in [5.74, 6) is 1.68. The molecule has 0 aliphatic carbocycles. The Morgan fingerprint density at radius 2 is 2.14 bits per heavy atom. The molecule has 0 unspecified atom stereocenters. The third kappa shape index (κ3) is 4.72. The number of unbranched alkanes of at least 4 members (excludes halogenated alkanes) is 2. The van der Waals surface area contributed by atoms with Crippen LogP contribution in [0.3, 0.4) is 0 Å². The molecule has 0 aliphatic rings. The first-order chi connectivity index (χ1) is 6.83. The van der Waals surface area contributed by atoms with Crippen molar-refractivity contribution in [2.24, 2.45) is 0 Å². The first-order valence-corrected chi connectivity index (χ1v) is 5.68. The number of pyridine rings is 1. The molecule has 0 spiro atoms. The van der Waals surface area contributed by atoms with Crippen LogP contribution in [0.1, 0.15) is 19.3 Å². The van der Waals surface area contributed by atoms with Gasteiger partial charge in [0.1, 0.15) is 5.75 Å². The van der Waals surface area contributed by atoms with Crippen molar-refractivity contribution in [1.82, 2.24) is 4.98 Å². The van der Waals surface area contributed by atoms with Gasteiger partial charge in [0.15, 0.2) is 0 Å². The lowest BCUT2D eigenvalue weighted by molar-refractivity contribution is 0.305. The number of ether oxygens (including phenoxy) is 1. The van der Waals surface area contributed by atoms with Crippen LogP contribution >= 0.6 is 24.2 Å². The van der Waals surface area contributed by atoms with E-state index in [9.17, 15) is 0 Å². The lowest BCUT2D eigenvalue weighted by Crippen LogP contribution is -1.97. The molecule has 14 heavy (non-hydrogen) atoms. The van der Waals surface area contributed by atoms with Crippen LogP contribution in [-0.2, 0) is 0 Å². The fourth-order valence-electron chi connectivity index (χ4n) is 1.05. The van der Waals surface area contributed by atoms with Gasteiger partial charge in [-0.2, -0.15) is 12.6 Å². The Balaban J connectivity index is 2.18. The first kappa shape index (κ1) is 11.7. The van der Waals surface area contributed by atoms with E-state index in [1.807, 2.05) is 0 Å². The van der Waals surface area contributed by atoms with Crippen molar-refractivity contribution in [3.63, 3.8) is 0 Å². The quantitative estimate of drug-likeness (QED) is 0.600. The van der Waals surface area contributed by atoms with Crippen molar-refractivity contribution in [2.45, 2.75) is 19.3 Å². The van der Waals surface area contributed by atoms with Crippen molar-refractivity contribution in [2.75, 3.05) is 12.4 Å². The van der Waals surface area contributed by atoms with Crippen LogP contribution in [0.4, 0.5) is 0 Å². The Morgan fingerprint density at radius 3 is 2.86 bits per heavy atom. The third-order valence-corrected chi connectivity index (χ3v) is 2.27. The van der Waals surface area contributed by atoms with Crippen LogP contribution in [-0.4, -0.2) is 17.3 Å². The molecule has 0 fully saturated rings. The summed E-state index contributed by atoms with van der Waals surface area (Å²) in [6.07, 6.45) is 6.60. The number of hydrogen-bond acceptors (Lipinski definition) is 3. The van der Waals surface area contributed by atoms with Crippen molar-refractivity contribution in [3.8, 4) is 5.75 Å². The van der Waals surface area contributed by atoms with Crippen LogP contribution < -0.4 is 4.74 Å². The highest BCUT2D eigenvalue weighted by molar-refractivity contribution is 7.80. The van der Waals surface area contributed by atoms with Crippen molar-refractivity contribution in [1.29, 1.82) is 0 Å². The van der Waals surface area contributed by atoms with Gasteiger partial charge in [-0.25, -0.2) is 0 Å². The predicted octanol–water partition coefficient (Wildman–Crippen LogP) is 3.21. The molecule has 0 bridgehead atoms. The van der Waals surface area contributed by atoms with Crippen molar-refractivity contribution >= 4 is 24.2 Å². The van der Waals surface area contributed by atoms with Gasteiger partial charge in [-0.05, 0) is 25.0 Å². The summed E-state index contributed by atoms with van der Waals surface area (Å²) in [4.78, 5) is 3.93. The van der Waals surface area contributed by atoms with Gasteiger partial charge in [0, 0.05) is 12.3 Å². The first-order valence-electron chi connectivity index (χ1n) is 4.67. The number of halogens is 1. The molecular weight excluding hydrogens is 218 g/mol. The van der Waals surface area contributed by atoms with Gasteiger partial charge in [-0.1, -0.05) is 11.6 Å². The maximum atomic E-state index is 5.75. The Labute approximate surface area is 95.0 Å². The molecule has 2 nitrogen and oxygen atoms in total. The van der Waals surface area contributed by atoms with E-state index in [1.165, 1.54) is 0 Å². The Morgan fingerprint density at radius 1 is 1.29 bits per heavy atom. The zero-order valence-corrected chi connectivity index (χ0v) is 9.60. The normalized spacial score (nSPS) is 10.1. The minimum absolute atomic E-state index is 0.609. The summed E-state index contributed by atoms with van der Waals surface area (Å²) in [5, 5.41) is 0.609. The van der Waals surface area contributed by atoms with Crippen LogP contribution in [0, 0.1) is 0 Å². The van der Waals surface area contributed by atoms with E-state index in [2.05, 4.69) is 17.6 Å². The molecule has 0 radical (unpaired) electrons. The predicted molar refractivity (Wildman–Crippen MR) is 62.4 cm³/mol. The van der Waals surface area contributed by atoms with E-state index in [1.54, 1.807) is 18.5 Å². The van der Waals surface area contributed by atoms with E-state index in [4.69, 9.17) is 16.3 Å². The van der Waals surface area contributed by atoms with Gasteiger partial charge in [-0.3, -0.25) is 4.98 Å². The second-order valence-electron chi connectivity index (χ2n) is 2.97. The number of hydrogen-bond donors (Lipinski definition) is 1. The molecule has 1 heterocycles. The van der Waals surface area contributed by atoms with Gasteiger partial charge in [0.05, 0.1) is 17.8 Å². The lowest BCUT2D eigenvalue weighted by atomic mass is 10.3. The largest absolute Gasteiger partial charge is 0.492 e. The number of thiol groups is 1. The average molecular weight is 232 g/mol. The Kier molecular flexibility index (Phi) is 5.80. The summed E-state index contributed by atoms with van der Waals surface area (Å²) in [7, 11) is 0. The van der Waals surface area contributed by atoms with Gasteiger partial charge in [0.2, 0.25) is 0 Å². The fraction of sp³-hybridized carbons (Fsp3) is 0.500. The van der Waals surface area contributed by atoms with Crippen LogP contribution in [0.25, 0.3) is 0 Å². The SMILES string of the molecule is SCCCCCOc1cncc(Cl)c1.